The first kappa shape index (κ1) is 12.8. The Kier molecular flexibility index (Phi) is 4.14. The molecule has 0 fully saturated rings. The van der Waals surface area contributed by atoms with Crippen molar-refractivity contribution >= 4 is 0 Å². The number of hydrogen-bond acceptors (Lipinski definition) is 3. The van der Waals surface area contributed by atoms with Gasteiger partial charge in [-0.25, -0.2) is 13.2 Å². The SMILES string of the molecule is COCc1c(F)c(F)c(CO)c(F)c1OC. The molecule has 0 heterocycles. The Hall–Kier alpha value is -1.27. The summed E-state index contributed by atoms with van der Waals surface area (Å²) in [6.45, 7) is -1.27. The maximum Gasteiger partial charge on any atom is 0.174 e. The highest BCUT2D eigenvalue weighted by atomic mass is 19.2. The number of halogens is 3. The molecule has 0 unspecified atom stereocenters. The van der Waals surface area contributed by atoms with Crippen molar-refractivity contribution < 1.29 is 27.8 Å². The molecule has 0 saturated heterocycles. The topological polar surface area (TPSA) is 38.7 Å². The van der Waals surface area contributed by atoms with Crippen LogP contribution in [0.2, 0.25) is 0 Å². The lowest BCUT2D eigenvalue weighted by Gasteiger charge is -2.13. The van der Waals surface area contributed by atoms with Crippen LogP contribution in [0.15, 0.2) is 0 Å². The quantitative estimate of drug-likeness (QED) is 0.809. The molecule has 3 nitrogen and oxygen atoms in total. The lowest BCUT2D eigenvalue weighted by molar-refractivity contribution is 0.174. The monoisotopic (exact) mass is 236 g/mol. The first-order chi connectivity index (χ1) is 7.58. The highest BCUT2D eigenvalue weighted by molar-refractivity contribution is 5.41. The molecule has 0 atom stereocenters. The molecule has 16 heavy (non-hydrogen) atoms. The van der Waals surface area contributed by atoms with Crippen LogP contribution in [0, 0.1) is 17.5 Å². The van der Waals surface area contributed by atoms with E-state index >= 15 is 0 Å². The Labute approximate surface area is 90.4 Å². The zero-order chi connectivity index (χ0) is 12.3. The second kappa shape index (κ2) is 5.18. The Bertz CT molecular complexity index is 394. The van der Waals surface area contributed by atoms with Gasteiger partial charge in [-0.3, -0.25) is 0 Å². The number of hydrogen-bond donors (Lipinski definition) is 1. The summed E-state index contributed by atoms with van der Waals surface area (Å²) in [5.41, 5.74) is -1.11. The summed E-state index contributed by atoms with van der Waals surface area (Å²) in [7, 11) is 2.38. The minimum absolute atomic E-state index is 0.325. The van der Waals surface area contributed by atoms with E-state index in [4.69, 9.17) is 5.11 Å². The number of benzene rings is 1. The molecule has 6 heteroatoms. The van der Waals surface area contributed by atoms with E-state index in [2.05, 4.69) is 9.47 Å². The fourth-order valence-corrected chi connectivity index (χ4v) is 1.36. The van der Waals surface area contributed by atoms with Gasteiger partial charge in [0, 0.05) is 7.11 Å². The molecule has 0 amide bonds. The second-order valence-electron chi connectivity index (χ2n) is 3.02. The fraction of sp³-hybridized carbons (Fsp3) is 0.400. The fourth-order valence-electron chi connectivity index (χ4n) is 1.36. The molecule has 90 valence electrons. The summed E-state index contributed by atoms with van der Waals surface area (Å²) in [5, 5.41) is 8.73. The van der Waals surface area contributed by atoms with Crippen molar-refractivity contribution in [3.63, 3.8) is 0 Å². The molecular weight excluding hydrogens is 225 g/mol. The smallest absolute Gasteiger partial charge is 0.174 e. The van der Waals surface area contributed by atoms with Crippen LogP contribution in [0.25, 0.3) is 0 Å². The average Bonchev–Trinajstić information content (AvgIpc) is 2.27. The summed E-state index contributed by atoms with van der Waals surface area (Å²) >= 11 is 0. The van der Waals surface area contributed by atoms with E-state index < -0.39 is 35.4 Å². The van der Waals surface area contributed by atoms with Gasteiger partial charge in [0.2, 0.25) is 0 Å². The van der Waals surface area contributed by atoms with Crippen LogP contribution in [0.5, 0.6) is 5.75 Å². The van der Waals surface area contributed by atoms with Crippen LogP contribution in [0.4, 0.5) is 13.2 Å². The van der Waals surface area contributed by atoms with Crippen molar-refractivity contribution in [2.24, 2.45) is 0 Å². The number of methoxy groups -OCH3 is 2. The Balaban J connectivity index is 3.49. The molecule has 0 aliphatic heterocycles. The summed E-state index contributed by atoms with van der Waals surface area (Å²) in [6, 6.07) is 0. The average molecular weight is 236 g/mol. The van der Waals surface area contributed by atoms with Gasteiger partial charge in [-0.15, -0.1) is 0 Å². The van der Waals surface area contributed by atoms with E-state index in [0.717, 1.165) is 7.11 Å². The standard InChI is InChI=1S/C10H11F3O3/c1-15-4-6-8(12)7(11)5(3-14)9(13)10(6)16-2/h14H,3-4H2,1-2H3. The van der Waals surface area contributed by atoms with Crippen LogP contribution in [0.1, 0.15) is 11.1 Å². The predicted octanol–water partition coefficient (Wildman–Crippen LogP) is 1.75. The highest BCUT2D eigenvalue weighted by Crippen LogP contribution is 2.31. The van der Waals surface area contributed by atoms with Crippen LogP contribution >= 0.6 is 0 Å². The summed E-state index contributed by atoms with van der Waals surface area (Å²) in [4.78, 5) is 0. The normalized spacial score (nSPS) is 10.6. The van der Waals surface area contributed by atoms with Gasteiger partial charge in [-0.2, -0.15) is 0 Å². The largest absolute Gasteiger partial charge is 0.493 e. The van der Waals surface area contributed by atoms with Crippen LogP contribution in [0.3, 0.4) is 0 Å². The van der Waals surface area contributed by atoms with Crippen molar-refractivity contribution in [1.29, 1.82) is 0 Å². The maximum atomic E-state index is 13.6. The van der Waals surface area contributed by atoms with Gasteiger partial charge in [-0.05, 0) is 0 Å². The van der Waals surface area contributed by atoms with E-state index in [-0.39, 0.29) is 12.2 Å². The molecule has 1 N–H and O–H groups in total. The third-order valence-electron chi connectivity index (χ3n) is 2.11. The van der Waals surface area contributed by atoms with Gasteiger partial charge in [0.15, 0.2) is 23.2 Å². The molecule has 0 radical (unpaired) electrons. The molecule has 0 aromatic heterocycles. The van der Waals surface area contributed by atoms with E-state index in [1.807, 2.05) is 0 Å². The number of aliphatic hydroxyl groups is 1. The van der Waals surface area contributed by atoms with Gasteiger partial charge in [0.25, 0.3) is 0 Å². The molecule has 1 aromatic rings. The molecule has 0 aliphatic carbocycles. The van der Waals surface area contributed by atoms with Crippen LogP contribution in [-0.4, -0.2) is 19.3 Å². The molecule has 1 rings (SSSR count). The number of ether oxygens (including phenoxy) is 2. The number of rotatable bonds is 4. The molecule has 1 aromatic carbocycles. The lowest BCUT2D eigenvalue weighted by Crippen LogP contribution is -2.08. The van der Waals surface area contributed by atoms with Gasteiger partial charge < -0.3 is 14.6 Å². The van der Waals surface area contributed by atoms with E-state index in [0.29, 0.717) is 0 Å². The predicted molar refractivity (Wildman–Crippen MR) is 49.5 cm³/mol. The van der Waals surface area contributed by atoms with E-state index in [1.54, 1.807) is 0 Å². The summed E-state index contributed by atoms with van der Waals surface area (Å²) in [6.07, 6.45) is 0. The van der Waals surface area contributed by atoms with E-state index in [9.17, 15) is 13.2 Å². The van der Waals surface area contributed by atoms with Crippen molar-refractivity contribution in [3.8, 4) is 5.75 Å². The molecular formula is C10H11F3O3. The molecule has 0 saturated carbocycles. The van der Waals surface area contributed by atoms with Gasteiger partial charge in [0.05, 0.1) is 31.5 Å². The maximum absolute atomic E-state index is 13.6. The van der Waals surface area contributed by atoms with Crippen molar-refractivity contribution in [2.45, 2.75) is 13.2 Å². The Morgan fingerprint density at radius 3 is 2.00 bits per heavy atom. The lowest BCUT2D eigenvalue weighted by atomic mass is 10.1. The van der Waals surface area contributed by atoms with Crippen molar-refractivity contribution in [1.82, 2.24) is 0 Å². The third kappa shape index (κ3) is 1.98. The van der Waals surface area contributed by atoms with Crippen LogP contribution < -0.4 is 4.74 Å². The molecule has 0 bridgehead atoms. The number of aliphatic hydroxyl groups excluding tert-OH is 1. The minimum Gasteiger partial charge on any atom is -0.493 e. The third-order valence-corrected chi connectivity index (χ3v) is 2.11. The Morgan fingerprint density at radius 1 is 1.00 bits per heavy atom. The zero-order valence-electron chi connectivity index (χ0n) is 8.81. The van der Waals surface area contributed by atoms with Crippen molar-refractivity contribution in [2.75, 3.05) is 14.2 Å². The molecule has 0 aliphatic rings. The molecule has 0 spiro atoms. The first-order valence-corrected chi connectivity index (χ1v) is 4.40. The zero-order valence-corrected chi connectivity index (χ0v) is 8.81. The summed E-state index contributed by atoms with van der Waals surface area (Å²) < 4.78 is 49.5. The first-order valence-electron chi connectivity index (χ1n) is 4.40. The Morgan fingerprint density at radius 2 is 1.56 bits per heavy atom. The van der Waals surface area contributed by atoms with Gasteiger partial charge in [-0.1, -0.05) is 0 Å². The van der Waals surface area contributed by atoms with Gasteiger partial charge >= 0.3 is 0 Å². The van der Waals surface area contributed by atoms with Gasteiger partial charge in [0.1, 0.15) is 0 Å². The highest BCUT2D eigenvalue weighted by Gasteiger charge is 2.24. The second-order valence-corrected chi connectivity index (χ2v) is 3.02. The van der Waals surface area contributed by atoms with Crippen LogP contribution in [-0.2, 0) is 18.0 Å². The van der Waals surface area contributed by atoms with E-state index in [1.165, 1.54) is 7.11 Å². The summed E-state index contributed by atoms with van der Waals surface area (Å²) in [5.74, 6) is -4.27. The van der Waals surface area contributed by atoms with Crippen molar-refractivity contribution in [3.05, 3.63) is 28.6 Å². The minimum atomic E-state index is -1.42.